The van der Waals surface area contributed by atoms with E-state index in [9.17, 15) is 4.57 Å². The molecule has 1 atom stereocenters. The third-order valence-corrected chi connectivity index (χ3v) is 12.9. The van der Waals surface area contributed by atoms with Crippen LogP contribution in [0.4, 0.5) is 5.69 Å². The minimum atomic E-state index is -3.02. The summed E-state index contributed by atoms with van der Waals surface area (Å²) < 4.78 is 14.8. The summed E-state index contributed by atoms with van der Waals surface area (Å²) in [4.78, 5) is 0. The van der Waals surface area contributed by atoms with Gasteiger partial charge in [0.1, 0.15) is 0 Å². The Kier molecular flexibility index (Phi) is 6.85. The van der Waals surface area contributed by atoms with Gasteiger partial charge < -0.3 is 9.88 Å². The lowest BCUT2D eigenvalue weighted by molar-refractivity contribution is 0.592. The van der Waals surface area contributed by atoms with Gasteiger partial charge in [0, 0.05) is 26.9 Å². The Morgan fingerprint density at radius 2 is 1.04 bits per heavy atom. The van der Waals surface area contributed by atoms with Crippen molar-refractivity contribution in [3.63, 3.8) is 0 Å². The quantitative estimate of drug-likeness (QED) is 0.191. The zero-order valence-electron chi connectivity index (χ0n) is 26.3. The SMILES string of the molecule is O=P(c1ccccc1)(c1ccccc1)c1ccc(-c2ccc(C3=C4C=Cc5ccccc5C4Nc4c3ccc3ccccc43)cc2)cc1. The molecule has 3 heteroatoms. The van der Waals surface area contributed by atoms with Crippen LogP contribution in [0.5, 0.6) is 0 Å². The van der Waals surface area contributed by atoms with Gasteiger partial charge in [0.15, 0.2) is 7.14 Å². The monoisotopic (exact) mass is 633 g/mol. The van der Waals surface area contributed by atoms with E-state index in [4.69, 9.17) is 0 Å². The van der Waals surface area contributed by atoms with Gasteiger partial charge in [-0.3, -0.25) is 0 Å². The van der Waals surface area contributed by atoms with Crippen molar-refractivity contribution in [1.82, 2.24) is 0 Å². The van der Waals surface area contributed by atoms with E-state index in [2.05, 4.69) is 115 Å². The van der Waals surface area contributed by atoms with Crippen molar-refractivity contribution >= 4 is 51.2 Å². The lowest BCUT2D eigenvalue weighted by atomic mass is 9.78. The molecule has 0 fully saturated rings. The van der Waals surface area contributed by atoms with Crippen molar-refractivity contribution in [3.8, 4) is 11.1 Å². The molecule has 1 aliphatic heterocycles. The predicted molar refractivity (Wildman–Crippen MR) is 203 cm³/mol. The highest BCUT2D eigenvalue weighted by molar-refractivity contribution is 7.85. The highest BCUT2D eigenvalue weighted by Crippen LogP contribution is 2.49. The van der Waals surface area contributed by atoms with Crippen LogP contribution in [-0.2, 0) is 4.57 Å². The molecule has 0 radical (unpaired) electrons. The second-order valence-corrected chi connectivity index (χ2v) is 15.3. The maximum atomic E-state index is 14.8. The lowest BCUT2D eigenvalue weighted by Crippen LogP contribution is -2.24. The Bertz CT molecular complexity index is 2380. The molecule has 228 valence electrons. The Hall–Kier alpha value is -5.69. The average Bonchev–Trinajstić information content (AvgIpc) is 3.17. The third kappa shape index (κ3) is 4.60. The summed E-state index contributed by atoms with van der Waals surface area (Å²) in [5, 5.41) is 8.93. The summed E-state index contributed by atoms with van der Waals surface area (Å²) in [5.74, 6) is 0. The molecule has 0 amide bonds. The van der Waals surface area contributed by atoms with Gasteiger partial charge in [0.05, 0.1) is 11.7 Å². The van der Waals surface area contributed by atoms with Crippen molar-refractivity contribution in [2.24, 2.45) is 0 Å². The van der Waals surface area contributed by atoms with Crippen LogP contribution in [0.25, 0.3) is 33.5 Å². The van der Waals surface area contributed by atoms with Gasteiger partial charge >= 0.3 is 0 Å². The van der Waals surface area contributed by atoms with Gasteiger partial charge in [-0.1, -0.05) is 182 Å². The third-order valence-electron chi connectivity index (χ3n) is 9.81. The molecule has 7 aromatic carbocycles. The molecule has 1 heterocycles. The number of nitrogens with one attached hydrogen (secondary N) is 1. The first-order valence-electron chi connectivity index (χ1n) is 16.4. The van der Waals surface area contributed by atoms with Crippen molar-refractivity contribution in [2.75, 3.05) is 5.32 Å². The first kappa shape index (κ1) is 28.5. The molecule has 2 nitrogen and oxygen atoms in total. The molecule has 7 aromatic rings. The van der Waals surface area contributed by atoms with Crippen LogP contribution >= 0.6 is 7.14 Å². The van der Waals surface area contributed by atoms with E-state index in [0.717, 1.165) is 27.0 Å². The Labute approximate surface area is 281 Å². The van der Waals surface area contributed by atoms with E-state index >= 15 is 0 Å². The van der Waals surface area contributed by atoms with Crippen molar-refractivity contribution in [2.45, 2.75) is 6.04 Å². The Morgan fingerprint density at radius 3 is 1.75 bits per heavy atom. The highest BCUT2D eigenvalue weighted by atomic mass is 31.2. The van der Waals surface area contributed by atoms with E-state index < -0.39 is 7.14 Å². The molecule has 1 N–H and O–H groups in total. The maximum Gasteiger partial charge on any atom is 0.171 e. The average molecular weight is 634 g/mol. The zero-order valence-corrected chi connectivity index (χ0v) is 27.1. The van der Waals surface area contributed by atoms with E-state index in [-0.39, 0.29) is 6.04 Å². The normalized spacial score (nSPS) is 15.0. The largest absolute Gasteiger partial charge is 0.373 e. The van der Waals surface area contributed by atoms with Crippen LogP contribution in [0.15, 0.2) is 182 Å². The summed E-state index contributed by atoms with van der Waals surface area (Å²) >= 11 is 0. The van der Waals surface area contributed by atoms with Gasteiger partial charge in [-0.05, 0) is 44.3 Å². The fraction of sp³-hybridized carbons (Fsp3) is 0.0222. The van der Waals surface area contributed by atoms with Crippen LogP contribution in [0, 0.1) is 0 Å². The van der Waals surface area contributed by atoms with Crippen molar-refractivity contribution in [1.29, 1.82) is 0 Å². The number of anilines is 1. The Balaban J connectivity index is 1.12. The summed E-state index contributed by atoms with van der Waals surface area (Å²) in [7, 11) is -3.02. The molecule has 9 rings (SSSR count). The number of hydrogen-bond donors (Lipinski definition) is 1. The van der Waals surface area contributed by atoms with Crippen LogP contribution in [0.3, 0.4) is 0 Å². The minimum Gasteiger partial charge on any atom is -0.373 e. The summed E-state index contributed by atoms with van der Waals surface area (Å²) in [6, 6.07) is 58.8. The first-order chi connectivity index (χ1) is 23.7. The van der Waals surface area contributed by atoms with Gasteiger partial charge in [0.2, 0.25) is 0 Å². The highest BCUT2D eigenvalue weighted by Gasteiger charge is 2.32. The summed E-state index contributed by atoms with van der Waals surface area (Å²) in [6.07, 6.45) is 4.53. The fourth-order valence-corrected chi connectivity index (χ4v) is 10.1. The molecule has 0 aromatic heterocycles. The van der Waals surface area contributed by atoms with Crippen molar-refractivity contribution < 1.29 is 4.57 Å². The maximum absolute atomic E-state index is 14.8. The van der Waals surface area contributed by atoms with Crippen LogP contribution in [0.2, 0.25) is 0 Å². The van der Waals surface area contributed by atoms with Crippen molar-refractivity contribution in [3.05, 3.63) is 204 Å². The molecule has 1 aliphatic carbocycles. The fourth-order valence-electron chi connectivity index (χ4n) is 7.43. The van der Waals surface area contributed by atoms with Crippen LogP contribution in [-0.4, -0.2) is 0 Å². The molecule has 0 saturated heterocycles. The molecule has 2 aliphatic rings. The minimum absolute atomic E-state index is 0.0663. The topological polar surface area (TPSA) is 29.1 Å². The van der Waals surface area contributed by atoms with E-state index in [1.165, 1.54) is 49.9 Å². The van der Waals surface area contributed by atoms with Crippen LogP contribution in [0.1, 0.15) is 28.3 Å². The Morgan fingerprint density at radius 1 is 0.479 bits per heavy atom. The smallest absolute Gasteiger partial charge is 0.171 e. The second kappa shape index (κ2) is 11.5. The number of rotatable bonds is 5. The molecule has 0 spiro atoms. The standard InChI is InChI=1S/C45H32NOP/c47-48(36-13-3-1-4-14-36,37-15-5-2-6-16-37)38-27-23-32(24-28-38)31-19-21-35(22-20-31)43-41-29-25-33-11-7-9-17-39(33)44(41)46-45-40-18-10-8-12-34(40)26-30-42(43)45/h1-30,44,46H. The molecule has 0 bridgehead atoms. The van der Waals surface area contributed by atoms with E-state index in [1.54, 1.807) is 0 Å². The molecule has 0 saturated carbocycles. The van der Waals surface area contributed by atoms with E-state index in [0.29, 0.717) is 0 Å². The lowest BCUT2D eigenvalue weighted by Gasteiger charge is -2.35. The van der Waals surface area contributed by atoms with Gasteiger partial charge in [-0.15, -0.1) is 0 Å². The molecule has 48 heavy (non-hydrogen) atoms. The molecule has 1 unspecified atom stereocenters. The number of benzene rings is 7. The summed E-state index contributed by atoms with van der Waals surface area (Å²) in [5.41, 5.74) is 10.9. The van der Waals surface area contributed by atoms with Gasteiger partial charge in [0.25, 0.3) is 0 Å². The van der Waals surface area contributed by atoms with E-state index in [1.807, 2.05) is 72.8 Å². The number of hydrogen-bond acceptors (Lipinski definition) is 2. The first-order valence-corrected chi connectivity index (χ1v) is 18.1. The number of fused-ring (bicyclic) bond motifs is 6. The second-order valence-electron chi connectivity index (χ2n) is 12.5. The molecular formula is C45H32NOP. The van der Waals surface area contributed by atoms with Gasteiger partial charge in [-0.2, -0.15) is 0 Å². The zero-order chi connectivity index (χ0) is 32.1. The van der Waals surface area contributed by atoms with Crippen LogP contribution < -0.4 is 21.2 Å². The van der Waals surface area contributed by atoms with Gasteiger partial charge in [-0.25, -0.2) is 0 Å². The summed E-state index contributed by atoms with van der Waals surface area (Å²) in [6.45, 7) is 0. The molecular weight excluding hydrogens is 601 g/mol. The predicted octanol–water partition coefficient (Wildman–Crippen LogP) is 10.1.